The first kappa shape index (κ1) is 43.4. The lowest BCUT2D eigenvalue weighted by atomic mass is 10.0. The molecule has 4 N–H and O–H groups in total. The Morgan fingerprint density at radius 1 is 0.477 bits per heavy atom. The summed E-state index contributed by atoms with van der Waals surface area (Å²) < 4.78 is 0. The number of aliphatic hydroxyl groups is 3. The third-order valence-electron chi connectivity index (χ3n) is 9.42. The number of hydrogen-bond donors (Lipinski definition) is 4. The number of amides is 1. The number of carbonyl (C=O) groups is 1. The molecular formula is C39H79NO4. The Kier molecular flexibility index (Phi) is 34.7. The van der Waals surface area contributed by atoms with E-state index in [0.717, 1.165) is 25.7 Å². The monoisotopic (exact) mass is 626 g/mol. The Morgan fingerprint density at radius 2 is 0.773 bits per heavy atom. The van der Waals surface area contributed by atoms with Gasteiger partial charge in [-0.05, 0) is 12.8 Å². The lowest BCUT2D eigenvalue weighted by Crippen LogP contribution is -2.46. The Balaban J connectivity index is 3.62. The normalized spacial score (nSPS) is 13.7. The van der Waals surface area contributed by atoms with Crippen molar-refractivity contribution in [2.75, 3.05) is 6.61 Å². The van der Waals surface area contributed by atoms with Crippen molar-refractivity contribution in [3.63, 3.8) is 0 Å². The highest BCUT2D eigenvalue weighted by Gasteiger charge is 2.21. The highest BCUT2D eigenvalue weighted by molar-refractivity contribution is 5.76. The molecule has 0 aromatic heterocycles. The number of hydrogen-bond acceptors (Lipinski definition) is 4. The average molecular weight is 626 g/mol. The van der Waals surface area contributed by atoms with Crippen molar-refractivity contribution in [1.29, 1.82) is 0 Å². The standard InChI is InChI=1S/C39H79NO4/c1-3-5-7-9-11-13-15-17-18-19-21-23-25-27-29-31-33-38(43)37(35-41)40-39(44)34-36(42)32-30-28-26-24-22-20-16-14-12-10-8-6-4-2/h36-38,41-43H,3-35H2,1-2H3,(H,40,44). The zero-order chi connectivity index (χ0) is 32.4. The highest BCUT2D eigenvalue weighted by Crippen LogP contribution is 2.16. The number of rotatable bonds is 36. The van der Waals surface area contributed by atoms with E-state index in [0.29, 0.717) is 12.8 Å². The lowest BCUT2D eigenvalue weighted by molar-refractivity contribution is -0.125. The first-order chi connectivity index (χ1) is 21.5. The van der Waals surface area contributed by atoms with Gasteiger partial charge in [0.2, 0.25) is 5.91 Å². The molecule has 44 heavy (non-hydrogen) atoms. The minimum atomic E-state index is -0.742. The molecule has 264 valence electrons. The van der Waals surface area contributed by atoms with E-state index in [9.17, 15) is 20.1 Å². The van der Waals surface area contributed by atoms with Crippen LogP contribution in [0.4, 0.5) is 0 Å². The SMILES string of the molecule is CCCCCCCCCCCCCCCCCCC(O)C(CO)NC(=O)CC(O)CCCCCCCCCCCCCCC. The molecule has 5 nitrogen and oxygen atoms in total. The first-order valence-corrected chi connectivity index (χ1v) is 19.8. The van der Waals surface area contributed by atoms with Gasteiger partial charge in [0.15, 0.2) is 0 Å². The molecule has 0 aromatic rings. The fourth-order valence-electron chi connectivity index (χ4n) is 6.35. The summed E-state index contributed by atoms with van der Waals surface area (Å²) in [5.41, 5.74) is 0. The Morgan fingerprint density at radius 3 is 1.09 bits per heavy atom. The Labute approximate surface area is 275 Å². The van der Waals surface area contributed by atoms with Crippen LogP contribution in [0.5, 0.6) is 0 Å². The van der Waals surface area contributed by atoms with Crippen LogP contribution in [-0.4, -0.2) is 46.1 Å². The fraction of sp³-hybridized carbons (Fsp3) is 0.974. The van der Waals surface area contributed by atoms with Gasteiger partial charge >= 0.3 is 0 Å². The molecule has 0 bridgehead atoms. The predicted molar refractivity (Wildman–Crippen MR) is 190 cm³/mol. The second-order valence-electron chi connectivity index (χ2n) is 13.9. The van der Waals surface area contributed by atoms with Gasteiger partial charge in [-0.2, -0.15) is 0 Å². The van der Waals surface area contributed by atoms with Crippen LogP contribution in [0.3, 0.4) is 0 Å². The third-order valence-corrected chi connectivity index (χ3v) is 9.42. The highest BCUT2D eigenvalue weighted by atomic mass is 16.3. The summed E-state index contributed by atoms with van der Waals surface area (Å²) in [6.45, 7) is 4.26. The largest absolute Gasteiger partial charge is 0.394 e. The molecule has 0 aromatic carbocycles. The minimum Gasteiger partial charge on any atom is -0.394 e. The van der Waals surface area contributed by atoms with E-state index in [-0.39, 0.29) is 18.9 Å². The topological polar surface area (TPSA) is 89.8 Å². The summed E-state index contributed by atoms with van der Waals surface area (Å²) in [5.74, 6) is -0.280. The average Bonchev–Trinajstić information content (AvgIpc) is 3.01. The molecule has 0 fully saturated rings. The van der Waals surface area contributed by atoms with Gasteiger partial charge in [0.1, 0.15) is 0 Å². The van der Waals surface area contributed by atoms with Crippen LogP contribution in [0.1, 0.15) is 219 Å². The van der Waals surface area contributed by atoms with Crippen LogP contribution >= 0.6 is 0 Å². The predicted octanol–water partition coefficient (Wildman–Crippen LogP) is 10.7. The van der Waals surface area contributed by atoms with Gasteiger partial charge in [0.25, 0.3) is 0 Å². The van der Waals surface area contributed by atoms with Crippen molar-refractivity contribution in [2.24, 2.45) is 0 Å². The third kappa shape index (κ3) is 31.3. The van der Waals surface area contributed by atoms with Gasteiger partial charge in [-0.1, -0.05) is 200 Å². The summed E-state index contributed by atoms with van der Waals surface area (Å²) in [6, 6.07) is -0.651. The van der Waals surface area contributed by atoms with Gasteiger partial charge < -0.3 is 20.6 Å². The first-order valence-electron chi connectivity index (χ1n) is 19.8. The molecule has 1 amide bonds. The number of unbranched alkanes of at least 4 members (excludes halogenated alkanes) is 27. The summed E-state index contributed by atoms with van der Waals surface area (Å²) in [5, 5.41) is 33.3. The molecular weight excluding hydrogens is 546 g/mol. The molecule has 5 heteroatoms. The number of aliphatic hydroxyl groups excluding tert-OH is 3. The summed E-state index contributed by atoms with van der Waals surface area (Å²) >= 11 is 0. The Hall–Kier alpha value is -0.650. The maximum absolute atomic E-state index is 12.4. The van der Waals surface area contributed by atoms with Crippen molar-refractivity contribution < 1.29 is 20.1 Å². The zero-order valence-electron chi connectivity index (χ0n) is 29.8. The van der Waals surface area contributed by atoms with Crippen LogP contribution in [0.2, 0.25) is 0 Å². The van der Waals surface area contributed by atoms with Gasteiger partial charge in [-0.15, -0.1) is 0 Å². The van der Waals surface area contributed by atoms with E-state index in [2.05, 4.69) is 19.2 Å². The molecule has 0 aliphatic heterocycles. The number of carbonyl (C=O) groups excluding carboxylic acids is 1. The minimum absolute atomic E-state index is 0.0422. The van der Waals surface area contributed by atoms with E-state index in [1.54, 1.807) is 0 Å². The summed E-state index contributed by atoms with van der Waals surface area (Å²) in [6.07, 6.45) is 37.7. The maximum Gasteiger partial charge on any atom is 0.222 e. The smallest absolute Gasteiger partial charge is 0.222 e. The molecule has 0 aliphatic carbocycles. The fourth-order valence-corrected chi connectivity index (χ4v) is 6.35. The zero-order valence-corrected chi connectivity index (χ0v) is 29.8. The quantitative estimate of drug-likeness (QED) is 0.0521. The lowest BCUT2D eigenvalue weighted by Gasteiger charge is -2.23. The summed E-state index contributed by atoms with van der Waals surface area (Å²) in [7, 11) is 0. The van der Waals surface area contributed by atoms with Crippen LogP contribution < -0.4 is 5.32 Å². The molecule has 0 heterocycles. The second kappa shape index (κ2) is 35.2. The van der Waals surface area contributed by atoms with Crippen LogP contribution in [0.25, 0.3) is 0 Å². The molecule has 0 saturated heterocycles. The number of nitrogens with one attached hydrogen (secondary N) is 1. The second-order valence-corrected chi connectivity index (χ2v) is 13.9. The van der Waals surface area contributed by atoms with Crippen molar-refractivity contribution in [2.45, 2.75) is 238 Å². The van der Waals surface area contributed by atoms with Gasteiger partial charge in [-0.3, -0.25) is 4.79 Å². The van der Waals surface area contributed by atoms with Crippen molar-refractivity contribution in [1.82, 2.24) is 5.32 Å². The molecule has 0 saturated carbocycles. The molecule has 0 rings (SSSR count). The molecule has 3 unspecified atom stereocenters. The summed E-state index contributed by atoms with van der Waals surface area (Å²) in [4.78, 5) is 12.4. The van der Waals surface area contributed by atoms with Gasteiger partial charge in [0, 0.05) is 0 Å². The van der Waals surface area contributed by atoms with Crippen LogP contribution in [0, 0.1) is 0 Å². The van der Waals surface area contributed by atoms with E-state index >= 15 is 0 Å². The van der Waals surface area contributed by atoms with Crippen LogP contribution in [0.15, 0.2) is 0 Å². The van der Waals surface area contributed by atoms with E-state index in [1.165, 1.54) is 161 Å². The van der Waals surface area contributed by atoms with Crippen molar-refractivity contribution in [3.8, 4) is 0 Å². The Bertz CT molecular complexity index is 572. The van der Waals surface area contributed by atoms with Crippen molar-refractivity contribution in [3.05, 3.63) is 0 Å². The van der Waals surface area contributed by atoms with Crippen LogP contribution in [-0.2, 0) is 4.79 Å². The van der Waals surface area contributed by atoms with E-state index in [4.69, 9.17) is 0 Å². The van der Waals surface area contributed by atoms with E-state index in [1.807, 2.05) is 0 Å². The van der Waals surface area contributed by atoms with Gasteiger partial charge in [0.05, 0.1) is 31.3 Å². The van der Waals surface area contributed by atoms with Crippen molar-refractivity contribution >= 4 is 5.91 Å². The molecule has 0 spiro atoms. The van der Waals surface area contributed by atoms with Gasteiger partial charge in [-0.25, -0.2) is 0 Å². The molecule has 0 radical (unpaired) electrons. The molecule has 0 aliphatic rings. The maximum atomic E-state index is 12.4. The van der Waals surface area contributed by atoms with E-state index < -0.39 is 18.2 Å². The molecule has 3 atom stereocenters.